The second-order valence-corrected chi connectivity index (χ2v) is 3.26. The van der Waals surface area contributed by atoms with E-state index in [1.54, 1.807) is 13.0 Å². The van der Waals surface area contributed by atoms with Gasteiger partial charge in [0.2, 0.25) is 0 Å². The standard InChI is InChI=1S/C11H10O4/c1-6-11(15-7(2)12)9-4-3-8(13)5-10(9)14-6/h3-5,13H,1-2H3. The van der Waals surface area contributed by atoms with Gasteiger partial charge in [0.1, 0.15) is 17.1 Å². The molecule has 0 atom stereocenters. The fourth-order valence-corrected chi connectivity index (χ4v) is 1.45. The monoisotopic (exact) mass is 206 g/mol. The summed E-state index contributed by atoms with van der Waals surface area (Å²) < 4.78 is 10.4. The zero-order valence-electron chi connectivity index (χ0n) is 8.40. The first kappa shape index (κ1) is 9.58. The van der Waals surface area contributed by atoms with Crippen molar-refractivity contribution in [1.29, 1.82) is 0 Å². The van der Waals surface area contributed by atoms with E-state index in [-0.39, 0.29) is 5.75 Å². The summed E-state index contributed by atoms with van der Waals surface area (Å²) >= 11 is 0. The van der Waals surface area contributed by atoms with Crippen molar-refractivity contribution < 1.29 is 19.1 Å². The van der Waals surface area contributed by atoms with Gasteiger partial charge in [-0.05, 0) is 19.1 Å². The third-order valence-corrected chi connectivity index (χ3v) is 2.04. The molecule has 1 heterocycles. The summed E-state index contributed by atoms with van der Waals surface area (Å²) in [5.74, 6) is 0.655. The second-order valence-electron chi connectivity index (χ2n) is 3.26. The van der Waals surface area contributed by atoms with Gasteiger partial charge in [0.15, 0.2) is 5.75 Å². The Kier molecular flexibility index (Phi) is 2.11. The first-order valence-corrected chi connectivity index (χ1v) is 4.48. The highest BCUT2D eigenvalue weighted by Gasteiger charge is 2.14. The third-order valence-electron chi connectivity index (χ3n) is 2.04. The highest BCUT2D eigenvalue weighted by Crippen LogP contribution is 2.34. The Morgan fingerprint density at radius 1 is 1.47 bits per heavy atom. The minimum atomic E-state index is -0.395. The number of hydrogen-bond donors (Lipinski definition) is 1. The molecular formula is C11H10O4. The lowest BCUT2D eigenvalue weighted by Crippen LogP contribution is -2.01. The van der Waals surface area contributed by atoms with Gasteiger partial charge in [-0.15, -0.1) is 0 Å². The number of rotatable bonds is 1. The number of phenols is 1. The lowest BCUT2D eigenvalue weighted by molar-refractivity contribution is -0.131. The van der Waals surface area contributed by atoms with E-state index in [0.29, 0.717) is 22.5 Å². The van der Waals surface area contributed by atoms with Crippen molar-refractivity contribution in [2.45, 2.75) is 13.8 Å². The van der Waals surface area contributed by atoms with Crippen LogP contribution in [0.15, 0.2) is 22.6 Å². The number of aromatic hydroxyl groups is 1. The molecular weight excluding hydrogens is 196 g/mol. The largest absolute Gasteiger partial charge is 0.508 e. The number of ether oxygens (including phenoxy) is 1. The van der Waals surface area contributed by atoms with Crippen LogP contribution in [-0.4, -0.2) is 11.1 Å². The van der Waals surface area contributed by atoms with Crippen molar-refractivity contribution in [3.8, 4) is 11.5 Å². The molecule has 0 fully saturated rings. The van der Waals surface area contributed by atoms with E-state index >= 15 is 0 Å². The van der Waals surface area contributed by atoms with Gasteiger partial charge in [-0.2, -0.15) is 0 Å². The molecule has 1 N–H and O–H groups in total. The Labute approximate surface area is 86.1 Å². The fraction of sp³-hybridized carbons (Fsp3) is 0.182. The zero-order valence-corrected chi connectivity index (χ0v) is 8.40. The van der Waals surface area contributed by atoms with Gasteiger partial charge in [0.05, 0.1) is 5.39 Å². The zero-order chi connectivity index (χ0) is 11.0. The Morgan fingerprint density at radius 3 is 2.87 bits per heavy atom. The van der Waals surface area contributed by atoms with Crippen molar-refractivity contribution in [2.75, 3.05) is 0 Å². The molecule has 0 amide bonds. The molecule has 0 spiro atoms. The molecule has 4 nitrogen and oxygen atoms in total. The van der Waals surface area contributed by atoms with Crippen LogP contribution in [0.2, 0.25) is 0 Å². The maximum Gasteiger partial charge on any atom is 0.308 e. The highest BCUT2D eigenvalue weighted by atomic mass is 16.5. The third kappa shape index (κ3) is 1.66. The van der Waals surface area contributed by atoms with Crippen LogP contribution in [0, 0.1) is 6.92 Å². The van der Waals surface area contributed by atoms with Crippen LogP contribution in [0.4, 0.5) is 0 Å². The Hall–Kier alpha value is -1.97. The first-order chi connectivity index (χ1) is 7.08. The van der Waals surface area contributed by atoms with E-state index in [1.807, 2.05) is 0 Å². The van der Waals surface area contributed by atoms with Crippen LogP contribution in [0.3, 0.4) is 0 Å². The number of benzene rings is 1. The van der Waals surface area contributed by atoms with Gasteiger partial charge in [0, 0.05) is 13.0 Å². The molecule has 78 valence electrons. The van der Waals surface area contributed by atoms with Crippen LogP contribution in [0.25, 0.3) is 11.0 Å². The number of carbonyl (C=O) groups excluding carboxylic acids is 1. The van der Waals surface area contributed by atoms with E-state index < -0.39 is 5.97 Å². The summed E-state index contributed by atoms with van der Waals surface area (Å²) in [5.41, 5.74) is 0.503. The van der Waals surface area contributed by atoms with Gasteiger partial charge >= 0.3 is 5.97 Å². The maximum atomic E-state index is 10.9. The molecule has 1 aromatic carbocycles. The average molecular weight is 206 g/mol. The predicted molar refractivity (Wildman–Crippen MR) is 53.9 cm³/mol. The highest BCUT2D eigenvalue weighted by molar-refractivity contribution is 5.88. The molecule has 0 unspecified atom stereocenters. The number of phenolic OH excluding ortho intramolecular Hbond substituents is 1. The molecule has 0 radical (unpaired) electrons. The van der Waals surface area contributed by atoms with Crippen LogP contribution >= 0.6 is 0 Å². The van der Waals surface area contributed by atoms with Gasteiger partial charge in [-0.25, -0.2) is 0 Å². The summed E-state index contributed by atoms with van der Waals surface area (Å²) in [6, 6.07) is 4.65. The Balaban J connectivity index is 2.63. The second kappa shape index (κ2) is 3.31. The van der Waals surface area contributed by atoms with E-state index in [0.717, 1.165) is 0 Å². The first-order valence-electron chi connectivity index (χ1n) is 4.48. The molecule has 1 aromatic heterocycles. The molecule has 0 aliphatic heterocycles. The number of esters is 1. The molecule has 0 saturated carbocycles. The van der Waals surface area contributed by atoms with Gasteiger partial charge in [0.25, 0.3) is 0 Å². The quantitative estimate of drug-likeness (QED) is 0.727. The summed E-state index contributed by atoms with van der Waals surface area (Å²) in [5, 5.41) is 9.93. The van der Waals surface area contributed by atoms with Gasteiger partial charge in [-0.1, -0.05) is 0 Å². The van der Waals surface area contributed by atoms with Crippen molar-refractivity contribution in [2.24, 2.45) is 0 Å². The van der Waals surface area contributed by atoms with E-state index in [1.165, 1.54) is 19.1 Å². The van der Waals surface area contributed by atoms with Crippen molar-refractivity contribution in [3.63, 3.8) is 0 Å². The van der Waals surface area contributed by atoms with Crippen LogP contribution < -0.4 is 4.74 Å². The summed E-state index contributed by atoms with van der Waals surface area (Å²) in [7, 11) is 0. The minimum Gasteiger partial charge on any atom is -0.508 e. The number of aryl methyl sites for hydroxylation is 1. The summed E-state index contributed by atoms with van der Waals surface area (Å²) in [4.78, 5) is 10.9. The van der Waals surface area contributed by atoms with Crippen molar-refractivity contribution in [3.05, 3.63) is 24.0 Å². The molecule has 0 aliphatic carbocycles. The lowest BCUT2D eigenvalue weighted by Gasteiger charge is -1.98. The molecule has 0 saturated heterocycles. The normalized spacial score (nSPS) is 10.5. The smallest absolute Gasteiger partial charge is 0.308 e. The SMILES string of the molecule is CC(=O)Oc1c(C)oc2cc(O)ccc12. The average Bonchev–Trinajstić information content (AvgIpc) is 2.41. The van der Waals surface area contributed by atoms with Crippen LogP contribution in [-0.2, 0) is 4.79 Å². The summed E-state index contributed by atoms with van der Waals surface area (Å²) in [6.45, 7) is 3.04. The molecule has 4 heteroatoms. The van der Waals surface area contributed by atoms with Gasteiger partial charge in [-0.3, -0.25) is 4.79 Å². The molecule has 0 bridgehead atoms. The molecule has 2 rings (SSSR count). The van der Waals surface area contributed by atoms with Crippen LogP contribution in [0.1, 0.15) is 12.7 Å². The van der Waals surface area contributed by atoms with Crippen molar-refractivity contribution >= 4 is 16.9 Å². The topological polar surface area (TPSA) is 59.7 Å². The summed E-state index contributed by atoms with van der Waals surface area (Å²) in [6.07, 6.45) is 0. The van der Waals surface area contributed by atoms with Crippen molar-refractivity contribution in [1.82, 2.24) is 0 Å². The number of furan rings is 1. The lowest BCUT2D eigenvalue weighted by atomic mass is 10.2. The van der Waals surface area contributed by atoms with E-state index in [4.69, 9.17) is 9.15 Å². The molecule has 15 heavy (non-hydrogen) atoms. The molecule has 0 aliphatic rings. The van der Waals surface area contributed by atoms with Gasteiger partial charge < -0.3 is 14.3 Å². The fourth-order valence-electron chi connectivity index (χ4n) is 1.45. The maximum absolute atomic E-state index is 10.9. The number of hydrogen-bond acceptors (Lipinski definition) is 4. The van der Waals surface area contributed by atoms with E-state index in [2.05, 4.69) is 0 Å². The number of fused-ring (bicyclic) bond motifs is 1. The Bertz CT molecular complexity index is 525. The van der Waals surface area contributed by atoms with Crippen LogP contribution in [0.5, 0.6) is 11.5 Å². The minimum absolute atomic E-state index is 0.116. The predicted octanol–water partition coefficient (Wildman–Crippen LogP) is 2.37. The van der Waals surface area contributed by atoms with E-state index in [9.17, 15) is 9.90 Å². The Morgan fingerprint density at radius 2 is 2.20 bits per heavy atom. The number of carbonyl (C=O) groups is 1. The molecule has 2 aromatic rings.